The highest BCUT2D eigenvalue weighted by atomic mass is 79.9. The lowest BCUT2D eigenvalue weighted by molar-refractivity contribution is 0.123. The molecule has 14 heavy (non-hydrogen) atoms. The van der Waals surface area contributed by atoms with Gasteiger partial charge in [0.15, 0.2) is 0 Å². The summed E-state index contributed by atoms with van der Waals surface area (Å²) in [5.41, 5.74) is 0.244. The van der Waals surface area contributed by atoms with Gasteiger partial charge in [0.25, 0.3) is 0 Å². The Morgan fingerprint density at radius 2 is 2.00 bits per heavy atom. The van der Waals surface area contributed by atoms with Crippen LogP contribution < -0.4 is 0 Å². The molecule has 1 unspecified atom stereocenters. The third-order valence-corrected chi connectivity index (χ3v) is 3.19. The molecule has 0 spiro atoms. The fourth-order valence-corrected chi connectivity index (χ4v) is 1.61. The van der Waals surface area contributed by atoms with Gasteiger partial charge in [-0.3, -0.25) is 0 Å². The second kappa shape index (κ2) is 4.60. The molecule has 0 amide bonds. The first-order chi connectivity index (χ1) is 6.43. The van der Waals surface area contributed by atoms with Gasteiger partial charge < -0.3 is 5.11 Å². The fraction of sp³-hybridized carbons (Fsp3) is 0.400. The molecule has 1 rings (SSSR count). The molecule has 4 heteroatoms. The van der Waals surface area contributed by atoms with E-state index in [4.69, 9.17) is 11.6 Å². The summed E-state index contributed by atoms with van der Waals surface area (Å²) in [6.45, 7) is 3.64. The molecule has 0 saturated heterocycles. The van der Waals surface area contributed by atoms with E-state index in [9.17, 15) is 9.50 Å². The number of aliphatic hydroxyl groups is 1. The summed E-state index contributed by atoms with van der Waals surface area (Å²) in [4.78, 5) is 0. The zero-order chi connectivity index (χ0) is 10.9. The Hall–Kier alpha value is -0.120. The van der Waals surface area contributed by atoms with E-state index in [1.165, 1.54) is 12.1 Å². The highest BCUT2D eigenvalue weighted by Crippen LogP contribution is 2.31. The Labute approximate surface area is 96.0 Å². The summed E-state index contributed by atoms with van der Waals surface area (Å²) in [7, 11) is 0. The Kier molecular flexibility index (Phi) is 3.93. The molecule has 0 aliphatic heterocycles. The number of hydrogen-bond acceptors (Lipinski definition) is 1. The zero-order valence-electron chi connectivity index (χ0n) is 7.89. The van der Waals surface area contributed by atoms with Crippen LogP contribution in [0.25, 0.3) is 0 Å². The Bertz CT molecular complexity index is 341. The van der Waals surface area contributed by atoms with Crippen LogP contribution in [0.5, 0.6) is 0 Å². The van der Waals surface area contributed by atoms with Gasteiger partial charge in [-0.05, 0) is 34.0 Å². The minimum absolute atomic E-state index is 0.0401. The molecule has 78 valence electrons. The zero-order valence-corrected chi connectivity index (χ0v) is 10.2. The lowest BCUT2D eigenvalue weighted by atomic mass is 9.99. The number of halogens is 3. The summed E-state index contributed by atoms with van der Waals surface area (Å²) >= 11 is 8.92. The summed E-state index contributed by atoms with van der Waals surface area (Å²) in [5, 5.41) is 10.1. The van der Waals surface area contributed by atoms with Crippen molar-refractivity contribution < 1.29 is 9.50 Å². The van der Waals surface area contributed by atoms with E-state index in [1.54, 1.807) is 0 Å². The smallest absolute Gasteiger partial charge is 0.130 e. The maximum absolute atomic E-state index is 13.4. The van der Waals surface area contributed by atoms with Crippen LogP contribution in [-0.2, 0) is 0 Å². The van der Waals surface area contributed by atoms with Crippen molar-refractivity contribution in [2.24, 2.45) is 5.92 Å². The van der Waals surface area contributed by atoms with E-state index < -0.39 is 11.9 Å². The van der Waals surface area contributed by atoms with Crippen molar-refractivity contribution in [3.05, 3.63) is 33.0 Å². The molecule has 0 radical (unpaired) electrons. The summed E-state index contributed by atoms with van der Waals surface area (Å²) in [5.74, 6) is -0.482. The molecule has 0 heterocycles. The maximum Gasteiger partial charge on any atom is 0.130 e. The van der Waals surface area contributed by atoms with Gasteiger partial charge in [-0.1, -0.05) is 25.4 Å². The summed E-state index contributed by atoms with van der Waals surface area (Å²) in [6, 6.07) is 2.72. The molecule has 0 aromatic heterocycles. The second-order valence-corrected chi connectivity index (χ2v) is 4.74. The predicted octanol–water partition coefficient (Wildman–Crippen LogP) is 3.93. The molecule has 0 saturated carbocycles. The van der Waals surface area contributed by atoms with Crippen molar-refractivity contribution in [1.82, 2.24) is 0 Å². The number of benzene rings is 1. The fourth-order valence-electron chi connectivity index (χ4n) is 1.12. The van der Waals surface area contributed by atoms with Crippen molar-refractivity contribution in [2.75, 3.05) is 0 Å². The average Bonchev–Trinajstić information content (AvgIpc) is 2.10. The van der Waals surface area contributed by atoms with Crippen molar-refractivity contribution >= 4 is 27.5 Å². The molecule has 1 atom stereocenters. The largest absolute Gasteiger partial charge is 0.388 e. The van der Waals surface area contributed by atoms with Gasteiger partial charge in [0, 0.05) is 10.0 Å². The third-order valence-electron chi connectivity index (χ3n) is 1.99. The minimum Gasteiger partial charge on any atom is -0.388 e. The maximum atomic E-state index is 13.4. The first kappa shape index (κ1) is 12.0. The van der Waals surface area contributed by atoms with Crippen LogP contribution in [0.3, 0.4) is 0 Å². The van der Waals surface area contributed by atoms with Crippen LogP contribution in [0.4, 0.5) is 4.39 Å². The summed E-state index contributed by atoms with van der Waals surface area (Å²) < 4.78 is 13.9. The van der Waals surface area contributed by atoms with E-state index in [1.807, 2.05) is 13.8 Å². The number of aliphatic hydroxyl groups excluding tert-OH is 1. The first-order valence-corrected chi connectivity index (χ1v) is 5.43. The van der Waals surface area contributed by atoms with Crippen molar-refractivity contribution in [3.63, 3.8) is 0 Å². The molecule has 1 nitrogen and oxygen atoms in total. The molecule has 0 fully saturated rings. The van der Waals surface area contributed by atoms with Crippen LogP contribution in [0.2, 0.25) is 5.02 Å². The topological polar surface area (TPSA) is 20.2 Å². The van der Waals surface area contributed by atoms with Gasteiger partial charge >= 0.3 is 0 Å². The van der Waals surface area contributed by atoms with Crippen molar-refractivity contribution in [1.29, 1.82) is 0 Å². The highest BCUT2D eigenvalue weighted by molar-refractivity contribution is 9.10. The van der Waals surface area contributed by atoms with Crippen LogP contribution in [0.15, 0.2) is 16.6 Å². The third kappa shape index (κ3) is 2.47. The average molecular weight is 282 g/mol. The van der Waals surface area contributed by atoms with E-state index >= 15 is 0 Å². The van der Waals surface area contributed by atoms with E-state index in [0.29, 0.717) is 9.50 Å². The van der Waals surface area contributed by atoms with Gasteiger partial charge in [-0.2, -0.15) is 0 Å². The molecule has 0 aliphatic rings. The SMILES string of the molecule is CC(C)C(O)c1cc(Cl)c(Br)cc1F. The molecule has 1 aromatic rings. The van der Waals surface area contributed by atoms with E-state index in [-0.39, 0.29) is 11.5 Å². The Morgan fingerprint density at radius 3 is 2.50 bits per heavy atom. The van der Waals surface area contributed by atoms with Gasteiger partial charge in [-0.25, -0.2) is 4.39 Å². The van der Waals surface area contributed by atoms with Crippen LogP contribution in [0.1, 0.15) is 25.5 Å². The van der Waals surface area contributed by atoms with E-state index in [0.717, 1.165) is 0 Å². The van der Waals surface area contributed by atoms with Crippen LogP contribution >= 0.6 is 27.5 Å². The predicted molar refractivity (Wildman–Crippen MR) is 58.9 cm³/mol. The normalized spacial score (nSPS) is 13.4. The summed E-state index contributed by atoms with van der Waals surface area (Å²) in [6.07, 6.45) is -0.819. The molecular weight excluding hydrogens is 270 g/mol. The first-order valence-electron chi connectivity index (χ1n) is 4.26. The number of rotatable bonds is 2. The molecule has 1 aromatic carbocycles. The molecular formula is C10H11BrClFO. The van der Waals surface area contributed by atoms with Crippen molar-refractivity contribution in [2.45, 2.75) is 20.0 Å². The Balaban J connectivity index is 3.15. The van der Waals surface area contributed by atoms with Crippen LogP contribution in [0, 0.1) is 11.7 Å². The van der Waals surface area contributed by atoms with Gasteiger partial charge in [-0.15, -0.1) is 0 Å². The molecule has 0 bridgehead atoms. The van der Waals surface area contributed by atoms with Crippen molar-refractivity contribution in [3.8, 4) is 0 Å². The second-order valence-electron chi connectivity index (χ2n) is 3.48. The van der Waals surface area contributed by atoms with Gasteiger partial charge in [0.1, 0.15) is 5.82 Å². The van der Waals surface area contributed by atoms with Gasteiger partial charge in [0.2, 0.25) is 0 Å². The monoisotopic (exact) mass is 280 g/mol. The lowest BCUT2D eigenvalue weighted by Gasteiger charge is -2.16. The Morgan fingerprint density at radius 1 is 1.43 bits per heavy atom. The molecule has 0 aliphatic carbocycles. The standard InChI is InChI=1S/C10H11BrClFO/c1-5(2)10(14)6-3-8(12)7(11)4-9(6)13/h3-5,10,14H,1-2H3. The van der Waals surface area contributed by atoms with Crippen LogP contribution in [-0.4, -0.2) is 5.11 Å². The lowest BCUT2D eigenvalue weighted by Crippen LogP contribution is -2.07. The minimum atomic E-state index is -0.819. The number of hydrogen-bond donors (Lipinski definition) is 1. The molecule has 1 N–H and O–H groups in total. The highest BCUT2D eigenvalue weighted by Gasteiger charge is 2.17. The van der Waals surface area contributed by atoms with E-state index in [2.05, 4.69) is 15.9 Å². The van der Waals surface area contributed by atoms with Gasteiger partial charge in [0.05, 0.1) is 11.1 Å². The quantitative estimate of drug-likeness (QED) is 0.814.